The molecule has 11 amide bonds. The highest BCUT2D eigenvalue weighted by Crippen LogP contribution is 2.12. The van der Waals surface area contributed by atoms with E-state index in [0.29, 0.717) is 5.56 Å². The van der Waals surface area contributed by atoms with E-state index >= 15 is 0 Å². The van der Waals surface area contributed by atoms with Crippen molar-refractivity contribution in [2.45, 2.75) is 75.3 Å². The van der Waals surface area contributed by atoms with Gasteiger partial charge in [0, 0.05) is 25.1 Å². The van der Waals surface area contributed by atoms with Crippen LogP contribution in [0.25, 0.3) is 0 Å². The Bertz CT molecular complexity index is 2060. The summed E-state index contributed by atoms with van der Waals surface area (Å²) in [5, 5.41) is 51.4. The van der Waals surface area contributed by atoms with Crippen molar-refractivity contribution in [1.29, 1.82) is 0 Å². The second-order valence-corrected chi connectivity index (χ2v) is 15.3. The Kier molecular flexibility index (Phi) is 27.6. The van der Waals surface area contributed by atoms with Gasteiger partial charge in [-0.2, -0.15) is 12.6 Å². The quantitative estimate of drug-likeness (QED) is 0.0138. The fourth-order valence-electron chi connectivity index (χ4n) is 5.50. The zero-order chi connectivity index (χ0) is 52.9. The number of nitrogens with one attached hydrogen (secondary N) is 10. The highest BCUT2D eigenvalue weighted by Gasteiger charge is 2.32. The van der Waals surface area contributed by atoms with Gasteiger partial charge in [0.2, 0.25) is 65.0 Å². The number of benzene rings is 1. The summed E-state index contributed by atoms with van der Waals surface area (Å²) in [7, 11) is 0. The number of carboxylic acids is 1. The molecule has 31 heteroatoms. The minimum atomic E-state index is -1.65. The molecule has 6 atom stereocenters. The molecule has 0 aliphatic heterocycles. The van der Waals surface area contributed by atoms with Crippen LogP contribution in [0.3, 0.4) is 0 Å². The molecule has 30 nitrogen and oxygen atoms in total. The van der Waals surface area contributed by atoms with Crippen molar-refractivity contribution in [1.82, 2.24) is 53.2 Å². The second-order valence-electron chi connectivity index (χ2n) is 14.9. The molecule has 0 fully saturated rings. The monoisotopic (exact) mass is 1010 g/mol. The molecule has 1 aromatic carbocycles. The minimum absolute atomic E-state index is 0.0102. The third kappa shape index (κ3) is 24.8. The van der Waals surface area contributed by atoms with Crippen LogP contribution < -0.4 is 76.1 Å². The minimum Gasteiger partial charge on any atom is -0.508 e. The number of hydrogen-bond acceptors (Lipinski definition) is 17. The standard InChI is InChI=1S/C39H61N15O15S/c1-19(34(65)51-23(8-9-32(62)63)36(67)53-24(11-20-4-6-21(56)7-5-20)37(68)54-25(17-55)33(41)64)49-35(66)22(3-2-10-44-39(42)43)52-38(69)26(18-70)50-31(61)16-48-30(60)15-47-29(59)14-46-28(58)13-45-27(57)12-40/h4-7,19,22-26,55-56,70H,2-3,8-18,40H2,1H3,(H2,41,64)(H,45,57)(H,46,58)(H,47,59)(H,48,60)(H,49,66)(H,50,61)(H,51,65)(H,52,69)(H,53,67)(H,54,68)(H,62,63)(H4,42,43,44)/t19-,22-,23-,24-,25-,26-/m0/s1. The Balaban J connectivity index is 3.06. The van der Waals surface area contributed by atoms with Gasteiger partial charge in [0.15, 0.2) is 5.96 Å². The molecule has 0 aromatic heterocycles. The Morgan fingerprint density at radius 2 is 1.06 bits per heavy atom. The number of nitrogens with two attached hydrogens (primary N) is 4. The van der Waals surface area contributed by atoms with Crippen LogP contribution in [0.5, 0.6) is 5.75 Å². The van der Waals surface area contributed by atoms with Crippen molar-refractivity contribution in [3.63, 3.8) is 0 Å². The van der Waals surface area contributed by atoms with Crippen molar-refractivity contribution < 1.29 is 72.9 Å². The van der Waals surface area contributed by atoms with Gasteiger partial charge < -0.3 is 91.4 Å². The number of carboxylic acid groups (broad SMARTS) is 1. The summed E-state index contributed by atoms with van der Waals surface area (Å²) < 4.78 is 0. The first-order chi connectivity index (χ1) is 33.0. The lowest BCUT2D eigenvalue weighted by molar-refractivity contribution is -0.138. The Labute approximate surface area is 405 Å². The molecule has 0 radical (unpaired) electrons. The summed E-state index contributed by atoms with van der Waals surface area (Å²) in [4.78, 5) is 154. The molecule has 1 rings (SSSR count). The number of carbonyl (C=O) groups excluding carboxylic acids is 11. The van der Waals surface area contributed by atoms with E-state index in [4.69, 9.17) is 22.9 Å². The summed E-state index contributed by atoms with van der Waals surface area (Å²) in [6.07, 6.45) is -1.51. The maximum Gasteiger partial charge on any atom is 0.303 e. The molecular weight excluding hydrogens is 951 g/mol. The maximum atomic E-state index is 13.6. The fraction of sp³-hybridized carbons (Fsp3) is 0.513. The number of hydrogen-bond donors (Lipinski definition) is 18. The molecule has 0 aliphatic carbocycles. The number of guanidine groups is 1. The third-order valence-electron chi connectivity index (χ3n) is 9.27. The van der Waals surface area contributed by atoms with Gasteiger partial charge in [0.1, 0.15) is 42.0 Å². The van der Waals surface area contributed by atoms with Gasteiger partial charge in [-0.25, -0.2) is 0 Å². The largest absolute Gasteiger partial charge is 0.508 e. The van der Waals surface area contributed by atoms with Gasteiger partial charge in [-0.3, -0.25) is 62.5 Å². The van der Waals surface area contributed by atoms with Crippen LogP contribution >= 0.6 is 12.6 Å². The number of primary amides is 1. The average Bonchev–Trinajstić information content (AvgIpc) is 3.31. The predicted molar refractivity (Wildman–Crippen MR) is 247 cm³/mol. The number of phenolic OH excluding ortho intramolecular Hbond substituents is 1. The van der Waals surface area contributed by atoms with Gasteiger partial charge in [-0.1, -0.05) is 12.1 Å². The van der Waals surface area contributed by atoms with Gasteiger partial charge in [-0.15, -0.1) is 0 Å². The van der Waals surface area contributed by atoms with Crippen molar-refractivity contribution in [2.75, 3.05) is 51.6 Å². The van der Waals surface area contributed by atoms with Crippen molar-refractivity contribution in [2.24, 2.45) is 27.9 Å². The van der Waals surface area contributed by atoms with E-state index in [0.717, 1.165) is 0 Å². The number of amides is 11. The lowest BCUT2D eigenvalue weighted by Crippen LogP contribution is -2.60. The van der Waals surface area contributed by atoms with Crippen LogP contribution in [0.2, 0.25) is 0 Å². The lowest BCUT2D eigenvalue weighted by atomic mass is 10.0. The smallest absolute Gasteiger partial charge is 0.303 e. The molecule has 0 bridgehead atoms. The SMILES string of the molecule is C[C@H](NC(=O)[C@H](CCCN=C(N)N)NC(=O)[C@H](CS)NC(=O)CNC(=O)CNC(=O)CNC(=O)CNC(=O)CN)C(=O)N[C@@H](CCC(=O)O)C(=O)N[C@@H](Cc1ccc(O)cc1)C(=O)N[C@@H](CO)C(N)=O. The molecule has 21 N–H and O–H groups in total. The van der Waals surface area contributed by atoms with E-state index in [1.807, 2.05) is 0 Å². The fourth-order valence-corrected chi connectivity index (χ4v) is 5.76. The molecule has 0 unspecified atom stereocenters. The second kappa shape index (κ2) is 32.0. The van der Waals surface area contributed by atoms with Gasteiger partial charge in [-0.05, 0) is 43.9 Å². The van der Waals surface area contributed by atoms with E-state index in [-0.39, 0.29) is 49.8 Å². The van der Waals surface area contributed by atoms with Gasteiger partial charge >= 0.3 is 5.97 Å². The normalized spacial score (nSPS) is 13.1. The number of thiol groups is 1. The van der Waals surface area contributed by atoms with E-state index < -0.39 is 153 Å². The van der Waals surface area contributed by atoms with Crippen LogP contribution in [-0.4, -0.2) is 180 Å². The number of aliphatic hydroxyl groups excluding tert-OH is 1. The predicted octanol–water partition coefficient (Wildman–Crippen LogP) is -9.39. The maximum absolute atomic E-state index is 13.6. The average molecular weight is 1010 g/mol. The topological polar surface area (TPSA) is 502 Å². The Morgan fingerprint density at radius 3 is 1.56 bits per heavy atom. The first-order valence-electron chi connectivity index (χ1n) is 21.1. The van der Waals surface area contributed by atoms with Crippen molar-refractivity contribution in [3.05, 3.63) is 29.8 Å². The Morgan fingerprint density at radius 1 is 0.600 bits per heavy atom. The number of aromatic hydroxyl groups is 1. The number of aliphatic carboxylic acids is 1. The molecule has 1 aromatic rings. The molecular formula is C39H61N15O15S. The van der Waals surface area contributed by atoms with Gasteiger partial charge in [0.05, 0.1) is 39.3 Å². The highest BCUT2D eigenvalue weighted by atomic mass is 32.1. The molecule has 0 heterocycles. The van der Waals surface area contributed by atoms with E-state index in [1.54, 1.807) is 0 Å². The molecule has 0 saturated heterocycles. The highest BCUT2D eigenvalue weighted by molar-refractivity contribution is 7.80. The van der Waals surface area contributed by atoms with E-state index in [1.165, 1.54) is 31.2 Å². The Hall–Kier alpha value is -7.80. The first-order valence-corrected chi connectivity index (χ1v) is 21.8. The number of carbonyl (C=O) groups is 12. The number of aliphatic imine (C=N–C) groups is 1. The molecule has 0 saturated carbocycles. The number of rotatable bonds is 32. The zero-order valence-electron chi connectivity index (χ0n) is 37.9. The van der Waals surface area contributed by atoms with Crippen LogP contribution in [-0.2, 0) is 64.0 Å². The molecule has 388 valence electrons. The van der Waals surface area contributed by atoms with Crippen LogP contribution in [0.15, 0.2) is 29.3 Å². The summed E-state index contributed by atoms with van der Waals surface area (Å²) in [6.45, 7) is -2.33. The summed E-state index contributed by atoms with van der Waals surface area (Å²) >= 11 is 4.09. The summed E-state index contributed by atoms with van der Waals surface area (Å²) in [5.41, 5.74) is 21.5. The van der Waals surface area contributed by atoms with E-state index in [2.05, 4.69) is 70.8 Å². The zero-order valence-corrected chi connectivity index (χ0v) is 38.8. The van der Waals surface area contributed by atoms with Crippen LogP contribution in [0, 0.1) is 0 Å². The van der Waals surface area contributed by atoms with E-state index in [9.17, 15) is 72.9 Å². The summed E-state index contributed by atoms with van der Waals surface area (Å²) in [5.74, 6) is -12.0. The number of nitrogens with zero attached hydrogens (tertiary/aromatic N) is 1. The van der Waals surface area contributed by atoms with Crippen LogP contribution in [0.1, 0.15) is 38.2 Å². The van der Waals surface area contributed by atoms with Crippen molar-refractivity contribution >= 4 is 89.5 Å². The first kappa shape index (κ1) is 60.2. The molecule has 0 spiro atoms. The molecule has 0 aliphatic rings. The van der Waals surface area contributed by atoms with Crippen molar-refractivity contribution in [3.8, 4) is 5.75 Å². The van der Waals surface area contributed by atoms with Gasteiger partial charge in [0.25, 0.3) is 0 Å². The van der Waals surface area contributed by atoms with Crippen LogP contribution in [0.4, 0.5) is 0 Å². The number of aliphatic hydroxyl groups is 1. The lowest BCUT2D eigenvalue weighted by Gasteiger charge is -2.26. The summed E-state index contributed by atoms with van der Waals surface area (Å²) in [6, 6.07) is -3.61. The number of phenols is 1. The third-order valence-corrected chi connectivity index (χ3v) is 9.63. The molecule has 70 heavy (non-hydrogen) atoms.